The lowest BCUT2D eigenvalue weighted by Crippen LogP contribution is -2.37. The molecule has 0 unspecified atom stereocenters. The lowest BCUT2D eigenvalue weighted by molar-refractivity contribution is -0.116. The van der Waals surface area contributed by atoms with E-state index in [9.17, 15) is 19.2 Å². The predicted octanol–water partition coefficient (Wildman–Crippen LogP) is 0.854. The maximum Gasteiger partial charge on any atom is 0.340 e. The highest BCUT2D eigenvalue weighted by Gasteiger charge is 2.17. The number of para-hydroxylation sites is 1. The van der Waals surface area contributed by atoms with Gasteiger partial charge in [-0.25, -0.2) is 9.59 Å². The first-order valence-electron chi connectivity index (χ1n) is 8.66. The number of hydrogen-bond acceptors (Lipinski definition) is 5. The largest absolute Gasteiger partial charge is 0.462 e. The summed E-state index contributed by atoms with van der Waals surface area (Å²) in [5, 5.41) is 3.02. The molecule has 146 valence electrons. The number of nitrogens with one attached hydrogen (secondary N) is 1. The molecule has 2 heterocycles. The van der Waals surface area contributed by atoms with Crippen LogP contribution in [0.2, 0.25) is 0 Å². The van der Waals surface area contributed by atoms with E-state index in [4.69, 9.17) is 4.74 Å². The van der Waals surface area contributed by atoms with Crippen LogP contribution in [-0.2, 0) is 30.2 Å². The SMILES string of the molecule is CCOC(=O)c1ccccc1NC(=O)Cn1ccc2c(=O)n(C)c(=O)n(C)c21. The van der Waals surface area contributed by atoms with Gasteiger partial charge in [0.25, 0.3) is 5.56 Å². The molecule has 1 aromatic carbocycles. The Morgan fingerprint density at radius 2 is 1.79 bits per heavy atom. The van der Waals surface area contributed by atoms with Gasteiger partial charge in [0.05, 0.1) is 23.2 Å². The lowest BCUT2D eigenvalue weighted by atomic mass is 10.2. The van der Waals surface area contributed by atoms with Crippen LogP contribution in [0, 0.1) is 0 Å². The van der Waals surface area contributed by atoms with E-state index in [-0.39, 0.29) is 18.7 Å². The Bertz CT molecular complexity index is 1190. The number of rotatable bonds is 5. The first-order chi connectivity index (χ1) is 13.3. The van der Waals surface area contributed by atoms with Crippen LogP contribution < -0.4 is 16.6 Å². The first kappa shape index (κ1) is 19.2. The highest BCUT2D eigenvalue weighted by Crippen LogP contribution is 2.17. The molecule has 1 amide bonds. The van der Waals surface area contributed by atoms with Gasteiger partial charge in [0.2, 0.25) is 5.91 Å². The summed E-state index contributed by atoms with van der Waals surface area (Å²) in [6, 6.07) is 8.09. The van der Waals surface area contributed by atoms with Gasteiger partial charge in [0.15, 0.2) is 0 Å². The van der Waals surface area contributed by atoms with Crippen molar-refractivity contribution in [2.24, 2.45) is 14.1 Å². The van der Waals surface area contributed by atoms with Crippen molar-refractivity contribution in [1.82, 2.24) is 13.7 Å². The summed E-state index contributed by atoms with van der Waals surface area (Å²) in [5.41, 5.74) is 0.0147. The number of ether oxygens (including phenoxy) is 1. The number of aromatic nitrogens is 3. The number of anilines is 1. The van der Waals surface area contributed by atoms with Gasteiger partial charge in [-0.15, -0.1) is 0 Å². The molecule has 9 nitrogen and oxygen atoms in total. The standard InChI is InChI=1S/C19H20N4O5/c1-4-28-18(26)12-7-5-6-8-14(12)20-15(24)11-23-10-9-13-16(23)21(2)19(27)22(3)17(13)25/h5-10H,4,11H2,1-3H3,(H,20,24). The highest BCUT2D eigenvalue weighted by molar-refractivity contribution is 6.01. The van der Waals surface area contributed by atoms with Gasteiger partial charge in [-0.3, -0.25) is 18.7 Å². The zero-order valence-electron chi connectivity index (χ0n) is 15.8. The van der Waals surface area contributed by atoms with Crippen LogP contribution in [0.15, 0.2) is 46.1 Å². The van der Waals surface area contributed by atoms with Crippen LogP contribution in [-0.4, -0.2) is 32.2 Å². The van der Waals surface area contributed by atoms with Crippen LogP contribution in [0.3, 0.4) is 0 Å². The maximum absolute atomic E-state index is 12.5. The molecule has 0 aliphatic heterocycles. The molecule has 1 N–H and O–H groups in total. The molecule has 3 aromatic rings. The van der Waals surface area contributed by atoms with E-state index < -0.39 is 23.1 Å². The third-order valence-electron chi connectivity index (χ3n) is 4.37. The number of carbonyl (C=O) groups is 2. The second-order valence-electron chi connectivity index (χ2n) is 6.20. The van der Waals surface area contributed by atoms with Crippen LogP contribution in [0.4, 0.5) is 5.69 Å². The number of fused-ring (bicyclic) bond motifs is 1. The van der Waals surface area contributed by atoms with Crippen molar-refractivity contribution in [2.45, 2.75) is 13.5 Å². The normalized spacial score (nSPS) is 10.8. The van der Waals surface area contributed by atoms with Crippen molar-refractivity contribution < 1.29 is 14.3 Å². The Morgan fingerprint density at radius 1 is 1.07 bits per heavy atom. The number of esters is 1. The number of carbonyl (C=O) groups excluding carboxylic acids is 2. The van der Waals surface area contributed by atoms with Gasteiger partial charge in [0.1, 0.15) is 12.2 Å². The molecule has 3 rings (SSSR count). The quantitative estimate of drug-likeness (QED) is 0.657. The Balaban J connectivity index is 1.91. The number of nitrogens with zero attached hydrogens (tertiary/aromatic N) is 3. The molecular formula is C19H20N4O5. The fraction of sp³-hybridized carbons (Fsp3) is 0.263. The molecule has 0 aliphatic carbocycles. The van der Waals surface area contributed by atoms with Crippen molar-refractivity contribution in [3.63, 3.8) is 0 Å². The zero-order chi connectivity index (χ0) is 20.4. The Labute approximate surface area is 159 Å². The highest BCUT2D eigenvalue weighted by atomic mass is 16.5. The minimum absolute atomic E-state index is 0.138. The van der Waals surface area contributed by atoms with Gasteiger partial charge in [-0.1, -0.05) is 12.1 Å². The molecule has 2 aromatic heterocycles. The van der Waals surface area contributed by atoms with E-state index in [1.807, 2.05) is 0 Å². The van der Waals surface area contributed by atoms with Crippen LogP contribution >= 0.6 is 0 Å². The first-order valence-corrected chi connectivity index (χ1v) is 8.66. The van der Waals surface area contributed by atoms with E-state index >= 15 is 0 Å². The second kappa shape index (κ2) is 7.55. The van der Waals surface area contributed by atoms with E-state index in [2.05, 4.69) is 5.32 Å². The minimum Gasteiger partial charge on any atom is -0.462 e. The number of benzene rings is 1. The third-order valence-corrected chi connectivity index (χ3v) is 4.37. The average Bonchev–Trinajstić information content (AvgIpc) is 3.08. The van der Waals surface area contributed by atoms with Crippen molar-refractivity contribution in [1.29, 1.82) is 0 Å². The maximum atomic E-state index is 12.5. The summed E-state index contributed by atoms with van der Waals surface area (Å²) in [6.45, 7) is 1.78. The Hall–Kier alpha value is -3.62. The fourth-order valence-corrected chi connectivity index (χ4v) is 3.04. The molecule has 0 radical (unpaired) electrons. The second-order valence-corrected chi connectivity index (χ2v) is 6.20. The van der Waals surface area contributed by atoms with Crippen LogP contribution in [0.1, 0.15) is 17.3 Å². The Kier molecular flexibility index (Phi) is 5.16. The molecule has 9 heteroatoms. The van der Waals surface area contributed by atoms with Gasteiger partial charge < -0.3 is 14.6 Å². The predicted molar refractivity (Wildman–Crippen MR) is 103 cm³/mol. The van der Waals surface area contributed by atoms with Gasteiger partial charge in [-0.2, -0.15) is 0 Å². The van der Waals surface area contributed by atoms with Crippen molar-refractivity contribution in [3.8, 4) is 0 Å². The molecule has 0 saturated heterocycles. The molecule has 0 aliphatic rings. The van der Waals surface area contributed by atoms with Gasteiger partial charge in [-0.05, 0) is 25.1 Å². The van der Waals surface area contributed by atoms with Gasteiger partial charge >= 0.3 is 11.7 Å². The van der Waals surface area contributed by atoms with Gasteiger partial charge in [0, 0.05) is 20.3 Å². The van der Waals surface area contributed by atoms with E-state index in [0.717, 1.165) is 4.57 Å². The smallest absolute Gasteiger partial charge is 0.340 e. The molecular weight excluding hydrogens is 364 g/mol. The van der Waals surface area contributed by atoms with Crippen LogP contribution in [0.5, 0.6) is 0 Å². The van der Waals surface area contributed by atoms with Crippen molar-refractivity contribution in [2.75, 3.05) is 11.9 Å². The van der Waals surface area contributed by atoms with Crippen molar-refractivity contribution >= 4 is 28.6 Å². The van der Waals surface area contributed by atoms with Crippen molar-refractivity contribution in [3.05, 3.63) is 62.9 Å². The Morgan fingerprint density at radius 3 is 2.50 bits per heavy atom. The molecule has 0 saturated carbocycles. The summed E-state index contributed by atoms with van der Waals surface area (Å²) in [5.74, 6) is -0.946. The number of hydrogen-bond donors (Lipinski definition) is 1. The number of aryl methyl sites for hydroxylation is 1. The summed E-state index contributed by atoms with van der Waals surface area (Å²) >= 11 is 0. The molecule has 0 atom stereocenters. The summed E-state index contributed by atoms with van der Waals surface area (Å²) < 4.78 is 8.84. The minimum atomic E-state index is -0.532. The van der Waals surface area contributed by atoms with E-state index in [1.54, 1.807) is 43.5 Å². The van der Waals surface area contributed by atoms with Crippen LogP contribution in [0.25, 0.3) is 11.0 Å². The monoisotopic (exact) mass is 384 g/mol. The lowest BCUT2D eigenvalue weighted by Gasteiger charge is -2.12. The fourth-order valence-electron chi connectivity index (χ4n) is 3.04. The molecule has 0 fully saturated rings. The molecule has 28 heavy (non-hydrogen) atoms. The topological polar surface area (TPSA) is 104 Å². The number of amides is 1. The average molecular weight is 384 g/mol. The van der Waals surface area contributed by atoms with E-state index in [1.165, 1.54) is 23.2 Å². The third kappa shape index (κ3) is 3.34. The zero-order valence-corrected chi connectivity index (χ0v) is 15.8. The summed E-state index contributed by atoms with van der Waals surface area (Å²) in [6.07, 6.45) is 1.57. The summed E-state index contributed by atoms with van der Waals surface area (Å²) in [4.78, 5) is 49.0. The molecule has 0 spiro atoms. The summed E-state index contributed by atoms with van der Waals surface area (Å²) in [7, 11) is 2.94. The van der Waals surface area contributed by atoms with E-state index in [0.29, 0.717) is 16.7 Å². The molecule has 0 bridgehead atoms.